The number of hydrogen-bond acceptors (Lipinski definition) is 3. The Morgan fingerprint density at radius 2 is 1.73 bits per heavy atom. The standard InChI is InChI=1S/C21H27N3O2/c1-15-5-7-18(16(2)11-15)14-24-21(22-3)23-13-17-6-8-19-20(12-17)26-10-4-9-25-19/h5-8,11-12H,4,9-10,13-14H2,1-3H3,(H2,22,23,24). The highest BCUT2D eigenvalue weighted by Gasteiger charge is 2.11. The monoisotopic (exact) mass is 353 g/mol. The summed E-state index contributed by atoms with van der Waals surface area (Å²) in [4.78, 5) is 4.31. The quantitative estimate of drug-likeness (QED) is 0.654. The van der Waals surface area contributed by atoms with Gasteiger partial charge in [-0.1, -0.05) is 29.8 Å². The van der Waals surface area contributed by atoms with Gasteiger partial charge in [-0.3, -0.25) is 4.99 Å². The van der Waals surface area contributed by atoms with E-state index in [0.717, 1.165) is 36.0 Å². The molecule has 0 fully saturated rings. The Morgan fingerprint density at radius 3 is 2.50 bits per heavy atom. The van der Waals surface area contributed by atoms with Crippen LogP contribution in [0.5, 0.6) is 11.5 Å². The van der Waals surface area contributed by atoms with E-state index in [1.165, 1.54) is 16.7 Å². The zero-order valence-corrected chi connectivity index (χ0v) is 15.8. The summed E-state index contributed by atoms with van der Waals surface area (Å²) in [5.41, 5.74) is 4.97. The molecule has 5 nitrogen and oxygen atoms in total. The summed E-state index contributed by atoms with van der Waals surface area (Å²) in [5, 5.41) is 6.72. The first-order valence-corrected chi connectivity index (χ1v) is 9.05. The number of aliphatic imine (C=N–C) groups is 1. The van der Waals surface area contributed by atoms with Gasteiger partial charge in [0.2, 0.25) is 0 Å². The summed E-state index contributed by atoms with van der Waals surface area (Å²) in [6.45, 7) is 7.07. The molecule has 0 aliphatic carbocycles. The van der Waals surface area contributed by atoms with Gasteiger partial charge in [-0.2, -0.15) is 0 Å². The van der Waals surface area contributed by atoms with Gasteiger partial charge in [-0.15, -0.1) is 0 Å². The average Bonchev–Trinajstić information content (AvgIpc) is 2.88. The normalized spacial score (nSPS) is 13.9. The van der Waals surface area contributed by atoms with Gasteiger partial charge in [0.05, 0.1) is 13.2 Å². The minimum absolute atomic E-state index is 0.670. The van der Waals surface area contributed by atoms with Gasteiger partial charge >= 0.3 is 0 Å². The molecule has 2 aromatic carbocycles. The summed E-state index contributed by atoms with van der Waals surface area (Å²) in [6.07, 6.45) is 0.914. The molecule has 2 aromatic rings. The van der Waals surface area contributed by atoms with Gasteiger partial charge in [0, 0.05) is 26.6 Å². The number of hydrogen-bond donors (Lipinski definition) is 2. The van der Waals surface area contributed by atoms with Crippen LogP contribution >= 0.6 is 0 Å². The summed E-state index contributed by atoms with van der Waals surface area (Å²) in [7, 11) is 1.78. The Labute approximate surface area is 155 Å². The summed E-state index contributed by atoms with van der Waals surface area (Å²) < 4.78 is 11.4. The van der Waals surface area contributed by atoms with Crippen molar-refractivity contribution in [2.45, 2.75) is 33.4 Å². The lowest BCUT2D eigenvalue weighted by molar-refractivity contribution is 0.297. The van der Waals surface area contributed by atoms with Crippen LogP contribution in [0.3, 0.4) is 0 Å². The van der Waals surface area contributed by atoms with E-state index in [9.17, 15) is 0 Å². The van der Waals surface area contributed by atoms with Crippen molar-refractivity contribution in [1.29, 1.82) is 0 Å². The first-order valence-electron chi connectivity index (χ1n) is 9.05. The molecule has 138 valence electrons. The molecule has 2 N–H and O–H groups in total. The van der Waals surface area contributed by atoms with E-state index in [1.54, 1.807) is 7.05 Å². The molecular formula is C21H27N3O2. The van der Waals surface area contributed by atoms with Crippen LogP contribution in [-0.4, -0.2) is 26.2 Å². The number of guanidine groups is 1. The third-order valence-electron chi connectivity index (χ3n) is 4.44. The maximum atomic E-state index is 5.75. The molecule has 0 saturated heterocycles. The highest BCUT2D eigenvalue weighted by atomic mass is 16.5. The predicted octanol–water partition coefficient (Wildman–Crippen LogP) is 3.33. The molecule has 0 bridgehead atoms. The van der Waals surface area contributed by atoms with Crippen LogP contribution in [0.1, 0.15) is 28.7 Å². The van der Waals surface area contributed by atoms with Crippen LogP contribution in [0.15, 0.2) is 41.4 Å². The number of rotatable bonds is 4. The van der Waals surface area contributed by atoms with E-state index in [1.807, 2.05) is 12.1 Å². The number of fused-ring (bicyclic) bond motifs is 1. The lowest BCUT2D eigenvalue weighted by atomic mass is 10.1. The molecule has 0 saturated carbocycles. The highest BCUT2D eigenvalue weighted by molar-refractivity contribution is 5.79. The minimum atomic E-state index is 0.670. The second-order valence-electron chi connectivity index (χ2n) is 6.54. The number of aryl methyl sites for hydroxylation is 2. The molecule has 0 aromatic heterocycles. The van der Waals surface area contributed by atoms with Crippen molar-refractivity contribution in [3.63, 3.8) is 0 Å². The Balaban J connectivity index is 1.56. The van der Waals surface area contributed by atoms with Crippen molar-refractivity contribution < 1.29 is 9.47 Å². The molecule has 0 atom stereocenters. The summed E-state index contributed by atoms with van der Waals surface area (Å²) in [6, 6.07) is 12.6. The number of nitrogens with zero attached hydrogens (tertiary/aromatic N) is 1. The maximum Gasteiger partial charge on any atom is 0.191 e. The molecule has 0 radical (unpaired) electrons. The Hall–Kier alpha value is -2.69. The molecule has 0 unspecified atom stereocenters. The molecule has 0 spiro atoms. The lowest BCUT2D eigenvalue weighted by Gasteiger charge is -2.14. The van der Waals surface area contributed by atoms with Gasteiger partial charge in [0.25, 0.3) is 0 Å². The second kappa shape index (κ2) is 8.61. The van der Waals surface area contributed by atoms with Crippen molar-refractivity contribution in [2.75, 3.05) is 20.3 Å². The maximum absolute atomic E-state index is 5.75. The Morgan fingerprint density at radius 1 is 0.962 bits per heavy atom. The van der Waals surface area contributed by atoms with E-state index < -0.39 is 0 Å². The zero-order chi connectivity index (χ0) is 18.4. The van der Waals surface area contributed by atoms with Crippen LogP contribution in [0.2, 0.25) is 0 Å². The van der Waals surface area contributed by atoms with E-state index in [0.29, 0.717) is 19.8 Å². The largest absolute Gasteiger partial charge is 0.490 e. The molecular weight excluding hydrogens is 326 g/mol. The fraction of sp³-hybridized carbons (Fsp3) is 0.381. The molecule has 1 heterocycles. The second-order valence-corrected chi connectivity index (χ2v) is 6.54. The van der Waals surface area contributed by atoms with Gasteiger partial charge in [0.1, 0.15) is 0 Å². The first kappa shape index (κ1) is 18.1. The van der Waals surface area contributed by atoms with E-state index in [2.05, 4.69) is 53.7 Å². The smallest absolute Gasteiger partial charge is 0.191 e. The molecule has 1 aliphatic rings. The Bertz CT molecular complexity index is 787. The number of nitrogens with one attached hydrogen (secondary N) is 2. The van der Waals surface area contributed by atoms with Gasteiger partial charge in [-0.25, -0.2) is 0 Å². The topological polar surface area (TPSA) is 54.9 Å². The SMILES string of the molecule is CN=C(NCc1ccc2c(c1)OCCCO2)NCc1ccc(C)cc1C. The fourth-order valence-electron chi connectivity index (χ4n) is 2.95. The van der Waals surface area contributed by atoms with Crippen LogP contribution < -0.4 is 20.1 Å². The van der Waals surface area contributed by atoms with Crippen LogP contribution in [0.4, 0.5) is 0 Å². The van der Waals surface area contributed by atoms with E-state index >= 15 is 0 Å². The molecule has 5 heteroatoms. The average molecular weight is 353 g/mol. The lowest BCUT2D eigenvalue weighted by Crippen LogP contribution is -2.36. The van der Waals surface area contributed by atoms with Crippen molar-refractivity contribution in [1.82, 2.24) is 10.6 Å². The van der Waals surface area contributed by atoms with Crippen molar-refractivity contribution in [2.24, 2.45) is 4.99 Å². The third-order valence-corrected chi connectivity index (χ3v) is 4.44. The Kier molecular flexibility index (Phi) is 6.00. The third kappa shape index (κ3) is 4.69. The summed E-state index contributed by atoms with van der Waals surface area (Å²) in [5.74, 6) is 2.42. The number of ether oxygens (including phenoxy) is 2. The minimum Gasteiger partial charge on any atom is -0.490 e. The molecule has 1 aliphatic heterocycles. The predicted molar refractivity (Wildman–Crippen MR) is 105 cm³/mol. The summed E-state index contributed by atoms with van der Waals surface area (Å²) >= 11 is 0. The van der Waals surface area contributed by atoms with Gasteiger partial charge in [-0.05, 0) is 42.7 Å². The highest BCUT2D eigenvalue weighted by Crippen LogP contribution is 2.30. The van der Waals surface area contributed by atoms with Crippen molar-refractivity contribution in [3.8, 4) is 11.5 Å². The van der Waals surface area contributed by atoms with Crippen molar-refractivity contribution in [3.05, 3.63) is 58.7 Å². The van der Waals surface area contributed by atoms with Gasteiger partial charge < -0.3 is 20.1 Å². The van der Waals surface area contributed by atoms with Crippen molar-refractivity contribution >= 4 is 5.96 Å². The number of benzene rings is 2. The molecule has 26 heavy (non-hydrogen) atoms. The zero-order valence-electron chi connectivity index (χ0n) is 15.8. The van der Waals surface area contributed by atoms with Crippen LogP contribution in [-0.2, 0) is 13.1 Å². The van der Waals surface area contributed by atoms with E-state index in [4.69, 9.17) is 9.47 Å². The van der Waals surface area contributed by atoms with Crippen LogP contribution in [0.25, 0.3) is 0 Å². The van der Waals surface area contributed by atoms with Gasteiger partial charge in [0.15, 0.2) is 17.5 Å². The van der Waals surface area contributed by atoms with E-state index in [-0.39, 0.29) is 0 Å². The first-order chi connectivity index (χ1) is 12.7. The molecule has 0 amide bonds. The molecule has 3 rings (SSSR count). The fourth-order valence-corrected chi connectivity index (χ4v) is 2.95. The van der Waals surface area contributed by atoms with Crippen LogP contribution in [0, 0.1) is 13.8 Å².